The Labute approximate surface area is 72.6 Å². The molecular weight excluding hydrogens is 154 g/mol. The van der Waals surface area contributed by atoms with Crippen LogP contribution in [0.25, 0.3) is 0 Å². The molecule has 0 aromatic heterocycles. The number of fused-ring (bicyclic) bond motifs is 1. The van der Waals surface area contributed by atoms with E-state index >= 15 is 0 Å². The van der Waals surface area contributed by atoms with E-state index in [9.17, 15) is 4.79 Å². The molecular formula is C9H15NO2. The minimum atomic E-state index is 0.0885. The van der Waals surface area contributed by atoms with Gasteiger partial charge in [-0.15, -0.1) is 0 Å². The molecule has 0 saturated carbocycles. The van der Waals surface area contributed by atoms with Crippen molar-refractivity contribution < 1.29 is 9.63 Å². The molecule has 0 unspecified atom stereocenters. The summed E-state index contributed by atoms with van der Waals surface area (Å²) in [5, 5.41) is 2.01. The van der Waals surface area contributed by atoms with Crippen molar-refractivity contribution in [2.45, 2.75) is 38.3 Å². The van der Waals surface area contributed by atoms with Crippen molar-refractivity contribution >= 4 is 6.29 Å². The summed E-state index contributed by atoms with van der Waals surface area (Å²) < 4.78 is 0. The predicted molar refractivity (Wildman–Crippen MR) is 44.4 cm³/mol. The first-order valence-corrected chi connectivity index (χ1v) is 4.71. The number of hydrogen-bond donors (Lipinski definition) is 0. The second kappa shape index (κ2) is 3.15. The molecule has 2 rings (SSSR count). The minimum absolute atomic E-state index is 0.0885. The highest BCUT2D eigenvalue weighted by Gasteiger charge is 2.41. The Bertz CT molecular complexity index is 183. The van der Waals surface area contributed by atoms with Gasteiger partial charge in [0.1, 0.15) is 6.29 Å². The Morgan fingerprint density at radius 2 is 2.33 bits per heavy atom. The van der Waals surface area contributed by atoms with Gasteiger partial charge in [-0.05, 0) is 19.8 Å². The summed E-state index contributed by atoms with van der Waals surface area (Å²) in [7, 11) is 0. The number of hydroxylamine groups is 2. The summed E-state index contributed by atoms with van der Waals surface area (Å²) in [6, 6.07) is 0.367. The molecule has 0 aromatic carbocycles. The van der Waals surface area contributed by atoms with Crippen molar-refractivity contribution in [1.29, 1.82) is 0 Å². The molecule has 0 bridgehead atoms. The summed E-state index contributed by atoms with van der Waals surface area (Å²) in [5.41, 5.74) is 0. The highest BCUT2D eigenvalue weighted by molar-refractivity contribution is 5.56. The van der Waals surface area contributed by atoms with E-state index in [2.05, 4.69) is 0 Å². The Morgan fingerprint density at radius 3 is 3.08 bits per heavy atom. The van der Waals surface area contributed by atoms with Crippen LogP contribution in [-0.4, -0.2) is 30.0 Å². The highest BCUT2D eigenvalue weighted by Crippen LogP contribution is 2.32. The van der Waals surface area contributed by atoms with Crippen molar-refractivity contribution in [2.24, 2.45) is 5.92 Å². The smallest absolute Gasteiger partial charge is 0.127 e. The zero-order chi connectivity index (χ0) is 8.55. The van der Waals surface area contributed by atoms with E-state index in [1.807, 2.05) is 12.0 Å². The first kappa shape index (κ1) is 8.20. The highest BCUT2D eigenvalue weighted by atomic mass is 16.7. The third kappa shape index (κ3) is 1.17. The molecule has 68 valence electrons. The number of carbonyl (C=O) groups is 1. The van der Waals surface area contributed by atoms with E-state index in [-0.39, 0.29) is 12.0 Å². The molecule has 2 saturated heterocycles. The standard InChI is InChI=1S/C9H15NO2/c1-7-8(6-11)9-4-2-3-5-10(9)12-7/h6-9H,2-5H2,1H3/t7-,8-,9-/m0/s1. The molecule has 0 aromatic rings. The summed E-state index contributed by atoms with van der Waals surface area (Å²) in [6.07, 6.45) is 4.70. The van der Waals surface area contributed by atoms with Crippen molar-refractivity contribution in [1.82, 2.24) is 5.06 Å². The van der Waals surface area contributed by atoms with E-state index in [4.69, 9.17) is 4.84 Å². The maximum atomic E-state index is 10.8. The lowest BCUT2D eigenvalue weighted by Gasteiger charge is -2.28. The van der Waals surface area contributed by atoms with Crippen molar-refractivity contribution in [3.8, 4) is 0 Å². The molecule has 3 nitrogen and oxygen atoms in total. The van der Waals surface area contributed by atoms with E-state index in [0.717, 1.165) is 19.3 Å². The fraction of sp³-hybridized carbons (Fsp3) is 0.889. The molecule has 12 heavy (non-hydrogen) atoms. The zero-order valence-corrected chi connectivity index (χ0v) is 7.40. The molecule has 0 radical (unpaired) electrons. The molecule has 0 spiro atoms. The van der Waals surface area contributed by atoms with Crippen LogP contribution >= 0.6 is 0 Å². The van der Waals surface area contributed by atoms with E-state index in [0.29, 0.717) is 6.04 Å². The van der Waals surface area contributed by atoms with Crippen molar-refractivity contribution in [3.63, 3.8) is 0 Å². The molecule has 2 fully saturated rings. The van der Waals surface area contributed by atoms with Gasteiger partial charge < -0.3 is 4.79 Å². The Kier molecular flexibility index (Phi) is 2.15. The fourth-order valence-corrected chi connectivity index (χ4v) is 2.24. The number of rotatable bonds is 1. The van der Waals surface area contributed by atoms with Gasteiger partial charge in [-0.1, -0.05) is 6.42 Å². The summed E-state index contributed by atoms with van der Waals surface area (Å²) >= 11 is 0. The number of carbonyl (C=O) groups excluding carboxylic acids is 1. The summed E-state index contributed by atoms with van der Waals surface area (Å²) in [5.74, 6) is 0.102. The predicted octanol–water partition coefficient (Wildman–Crippen LogP) is 0.990. The van der Waals surface area contributed by atoms with Crippen LogP contribution in [0.4, 0.5) is 0 Å². The first-order valence-electron chi connectivity index (χ1n) is 4.71. The lowest BCUT2D eigenvalue weighted by molar-refractivity contribution is -0.167. The van der Waals surface area contributed by atoms with Gasteiger partial charge in [-0.3, -0.25) is 4.84 Å². The quantitative estimate of drug-likeness (QED) is 0.548. The van der Waals surface area contributed by atoms with Crippen LogP contribution in [0, 0.1) is 5.92 Å². The monoisotopic (exact) mass is 169 g/mol. The lowest BCUT2D eigenvalue weighted by Crippen LogP contribution is -2.36. The third-order valence-corrected chi connectivity index (χ3v) is 2.94. The van der Waals surface area contributed by atoms with Gasteiger partial charge >= 0.3 is 0 Å². The Balaban J connectivity index is 2.10. The Hall–Kier alpha value is -0.410. The number of piperidine rings is 1. The maximum absolute atomic E-state index is 10.8. The van der Waals surface area contributed by atoms with Crippen LogP contribution in [0.3, 0.4) is 0 Å². The van der Waals surface area contributed by atoms with Gasteiger partial charge in [0.2, 0.25) is 0 Å². The number of aldehydes is 1. The third-order valence-electron chi connectivity index (χ3n) is 2.94. The minimum Gasteiger partial charge on any atom is -0.303 e. The number of nitrogens with zero attached hydrogens (tertiary/aromatic N) is 1. The van der Waals surface area contributed by atoms with Crippen LogP contribution in [-0.2, 0) is 9.63 Å². The molecule has 2 aliphatic rings. The Morgan fingerprint density at radius 1 is 1.50 bits per heavy atom. The first-order chi connectivity index (χ1) is 5.83. The second-order valence-corrected chi connectivity index (χ2v) is 3.73. The topological polar surface area (TPSA) is 29.5 Å². The molecule has 0 amide bonds. The van der Waals surface area contributed by atoms with Crippen LogP contribution in [0.15, 0.2) is 0 Å². The largest absolute Gasteiger partial charge is 0.303 e. The van der Waals surface area contributed by atoms with E-state index < -0.39 is 0 Å². The molecule has 3 atom stereocenters. The lowest BCUT2D eigenvalue weighted by atomic mass is 9.91. The van der Waals surface area contributed by atoms with Crippen molar-refractivity contribution in [3.05, 3.63) is 0 Å². The maximum Gasteiger partial charge on any atom is 0.127 e. The van der Waals surface area contributed by atoms with Crippen molar-refractivity contribution in [2.75, 3.05) is 6.54 Å². The van der Waals surface area contributed by atoms with E-state index in [1.165, 1.54) is 12.8 Å². The summed E-state index contributed by atoms with van der Waals surface area (Å²) in [4.78, 5) is 16.3. The van der Waals surface area contributed by atoms with Crippen LogP contribution in [0.1, 0.15) is 26.2 Å². The molecule has 2 aliphatic heterocycles. The van der Waals surface area contributed by atoms with Gasteiger partial charge in [0.05, 0.1) is 12.0 Å². The average Bonchev–Trinajstić information content (AvgIpc) is 2.40. The SMILES string of the molecule is C[C@@H]1ON2CCCC[C@H]2[C@H]1C=O. The molecule has 2 heterocycles. The van der Waals surface area contributed by atoms with Gasteiger partial charge in [0.25, 0.3) is 0 Å². The average molecular weight is 169 g/mol. The number of hydrogen-bond acceptors (Lipinski definition) is 3. The van der Waals surface area contributed by atoms with Gasteiger partial charge in [-0.2, -0.15) is 5.06 Å². The van der Waals surface area contributed by atoms with Crippen LogP contribution in [0.5, 0.6) is 0 Å². The summed E-state index contributed by atoms with van der Waals surface area (Å²) in [6.45, 7) is 2.98. The van der Waals surface area contributed by atoms with Gasteiger partial charge in [-0.25, -0.2) is 0 Å². The van der Waals surface area contributed by atoms with Gasteiger partial charge in [0.15, 0.2) is 0 Å². The van der Waals surface area contributed by atoms with Crippen LogP contribution < -0.4 is 0 Å². The zero-order valence-electron chi connectivity index (χ0n) is 7.40. The van der Waals surface area contributed by atoms with E-state index in [1.54, 1.807) is 0 Å². The fourth-order valence-electron chi connectivity index (χ4n) is 2.24. The molecule has 3 heteroatoms. The molecule has 0 N–H and O–H groups in total. The second-order valence-electron chi connectivity index (χ2n) is 3.73. The van der Waals surface area contributed by atoms with Gasteiger partial charge in [0, 0.05) is 12.6 Å². The molecule has 0 aliphatic carbocycles. The normalized spacial score (nSPS) is 42.6. The van der Waals surface area contributed by atoms with Crippen LogP contribution in [0.2, 0.25) is 0 Å².